The number of nitrogens with one attached hydrogen (secondary N) is 1. The van der Waals surface area contributed by atoms with Crippen LogP contribution in [-0.2, 0) is 19.5 Å². The molecule has 4 rings (SSSR count). The molecule has 0 unspecified atom stereocenters. The number of aromatic amines is 1. The topological polar surface area (TPSA) is 79.7 Å². The van der Waals surface area contributed by atoms with Crippen molar-refractivity contribution in [3.05, 3.63) is 29.3 Å². The third-order valence-corrected chi connectivity index (χ3v) is 5.04. The Kier molecular flexibility index (Phi) is 3.85. The van der Waals surface area contributed by atoms with E-state index < -0.39 is 0 Å². The van der Waals surface area contributed by atoms with Crippen LogP contribution in [0.25, 0.3) is 0 Å². The SMILES string of the molecule is O=C(c1cc2n(c1)CCCC2)N(Cc1nn[nH]n1)C1CCCC1. The average Bonchev–Trinajstić information content (AvgIpc) is 3.32. The maximum atomic E-state index is 13.1. The lowest BCUT2D eigenvalue weighted by atomic mass is 10.1. The molecule has 1 aliphatic heterocycles. The second-order valence-electron chi connectivity index (χ2n) is 6.57. The normalized spacial score (nSPS) is 18.1. The zero-order chi connectivity index (χ0) is 15.6. The Morgan fingerprint density at radius 3 is 2.91 bits per heavy atom. The van der Waals surface area contributed by atoms with Gasteiger partial charge in [0.05, 0.1) is 12.1 Å². The molecule has 2 aromatic heterocycles. The van der Waals surface area contributed by atoms with Gasteiger partial charge in [-0.15, -0.1) is 10.2 Å². The first-order chi connectivity index (χ1) is 11.3. The number of tetrazole rings is 1. The molecule has 2 aromatic rings. The molecule has 7 heteroatoms. The van der Waals surface area contributed by atoms with Gasteiger partial charge in [-0.25, -0.2) is 0 Å². The van der Waals surface area contributed by atoms with E-state index >= 15 is 0 Å². The van der Waals surface area contributed by atoms with Crippen molar-refractivity contribution in [1.29, 1.82) is 0 Å². The van der Waals surface area contributed by atoms with Gasteiger partial charge in [0.25, 0.3) is 5.91 Å². The van der Waals surface area contributed by atoms with Gasteiger partial charge < -0.3 is 9.47 Å². The van der Waals surface area contributed by atoms with E-state index in [4.69, 9.17) is 0 Å². The largest absolute Gasteiger partial charge is 0.351 e. The van der Waals surface area contributed by atoms with Crippen LogP contribution in [0.15, 0.2) is 12.3 Å². The fourth-order valence-electron chi connectivity index (χ4n) is 3.83. The molecule has 1 amide bonds. The number of H-pyrrole nitrogens is 1. The molecule has 0 aromatic carbocycles. The zero-order valence-electron chi connectivity index (χ0n) is 13.2. The van der Waals surface area contributed by atoms with E-state index in [9.17, 15) is 4.79 Å². The van der Waals surface area contributed by atoms with Crippen LogP contribution < -0.4 is 0 Å². The Balaban J connectivity index is 1.59. The lowest BCUT2D eigenvalue weighted by molar-refractivity contribution is 0.0658. The van der Waals surface area contributed by atoms with Crippen LogP contribution in [0.5, 0.6) is 0 Å². The number of hydrogen-bond donors (Lipinski definition) is 1. The average molecular weight is 314 g/mol. The fraction of sp³-hybridized carbons (Fsp3) is 0.625. The fourth-order valence-corrected chi connectivity index (χ4v) is 3.83. The van der Waals surface area contributed by atoms with Gasteiger partial charge >= 0.3 is 0 Å². The molecule has 0 bridgehead atoms. The van der Waals surface area contributed by atoms with Crippen LogP contribution in [0.1, 0.15) is 60.4 Å². The zero-order valence-corrected chi connectivity index (χ0v) is 13.2. The van der Waals surface area contributed by atoms with Crippen molar-refractivity contribution >= 4 is 5.91 Å². The van der Waals surface area contributed by atoms with Gasteiger partial charge in [-0.05, 0) is 38.2 Å². The molecular weight excluding hydrogens is 292 g/mol. The number of nitrogens with zero attached hydrogens (tertiary/aromatic N) is 5. The molecule has 0 saturated heterocycles. The predicted molar refractivity (Wildman–Crippen MR) is 83.7 cm³/mol. The highest BCUT2D eigenvalue weighted by molar-refractivity contribution is 5.94. The Labute approximate surface area is 135 Å². The van der Waals surface area contributed by atoms with E-state index in [-0.39, 0.29) is 11.9 Å². The maximum Gasteiger partial charge on any atom is 0.256 e. The minimum Gasteiger partial charge on any atom is -0.351 e. The van der Waals surface area contributed by atoms with Crippen molar-refractivity contribution in [2.45, 2.75) is 64.1 Å². The molecule has 122 valence electrons. The minimum atomic E-state index is 0.101. The molecule has 1 saturated carbocycles. The third-order valence-electron chi connectivity index (χ3n) is 5.04. The van der Waals surface area contributed by atoms with E-state index in [1.807, 2.05) is 11.1 Å². The molecule has 0 atom stereocenters. The van der Waals surface area contributed by atoms with Gasteiger partial charge in [0, 0.05) is 24.5 Å². The summed E-state index contributed by atoms with van der Waals surface area (Å²) in [6, 6.07) is 2.36. The summed E-state index contributed by atoms with van der Waals surface area (Å²) in [6.45, 7) is 1.46. The van der Waals surface area contributed by atoms with Crippen LogP contribution in [-0.4, -0.2) is 42.0 Å². The molecule has 1 fully saturated rings. The van der Waals surface area contributed by atoms with Crippen molar-refractivity contribution in [1.82, 2.24) is 30.1 Å². The van der Waals surface area contributed by atoms with Crippen LogP contribution >= 0.6 is 0 Å². The predicted octanol–water partition coefficient (Wildman–Crippen LogP) is 1.92. The summed E-state index contributed by atoms with van der Waals surface area (Å²) in [5.74, 6) is 0.679. The molecule has 1 N–H and O–H groups in total. The Morgan fingerprint density at radius 1 is 1.30 bits per heavy atom. The van der Waals surface area contributed by atoms with Gasteiger partial charge in [-0.3, -0.25) is 4.79 Å². The van der Waals surface area contributed by atoms with Gasteiger partial charge in [-0.1, -0.05) is 18.1 Å². The molecule has 1 aliphatic carbocycles. The molecule has 7 nitrogen and oxygen atoms in total. The first kappa shape index (κ1) is 14.4. The summed E-state index contributed by atoms with van der Waals surface area (Å²) in [4.78, 5) is 15.0. The Bertz CT molecular complexity index is 647. The van der Waals surface area contributed by atoms with Crippen molar-refractivity contribution in [2.24, 2.45) is 0 Å². The van der Waals surface area contributed by atoms with E-state index in [2.05, 4.69) is 31.3 Å². The number of carbonyl (C=O) groups excluding carboxylic acids is 1. The number of fused-ring (bicyclic) bond motifs is 1. The molecule has 0 spiro atoms. The molecule has 0 radical (unpaired) electrons. The maximum absolute atomic E-state index is 13.1. The number of hydrogen-bond acceptors (Lipinski definition) is 4. The van der Waals surface area contributed by atoms with E-state index in [0.717, 1.165) is 31.4 Å². The van der Waals surface area contributed by atoms with Crippen LogP contribution in [0.2, 0.25) is 0 Å². The lowest BCUT2D eigenvalue weighted by Gasteiger charge is -2.27. The van der Waals surface area contributed by atoms with Crippen LogP contribution in [0, 0.1) is 0 Å². The van der Waals surface area contributed by atoms with E-state index in [1.165, 1.54) is 31.4 Å². The van der Waals surface area contributed by atoms with Crippen molar-refractivity contribution in [3.63, 3.8) is 0 Å². The highest BCUT2D eigenvalue weighted by Gasteiger charge is 2.29. The number of aromatic nitrogens is 5. The summed E-state index contributed by atoms with van der Waals surface area (Å²) in [7, 11) is 0. The summed E-state index contributed by atoms with van der Waals surface area (Å²) < 4.78 is 2.23. The van der Waals surface area contributed by atoms with Gasteiger partial charge in [0.2, 0.25) is 0 Å². The number of amides is 1. The van der Waals surface area contributed by atoms with E-state index in [0.29, 0.717) is 12.4 Å². The standard InChI is InChI=1S/C16H22N6O/c23-16(12-9-14-7-3-4-8-21(14)10-12)22(13-5-1-2-6-13)11-15-17-19-20-18-15/h9-10,13H,1-8,11H2,(H,17,18,19,20). The Morgan fingerprint density at radius 2 is 2.17 bits per heavy atom. The van der Waals surface area contributed by atoms with Crippen LogP contribution in [0.4, 0.5) is 0 Å². The van der Waals surface area contributed by atoms with E-state index in [1.54, 1.807) is 0 Å². The smallest absolute Gasteiger partial charge is 0.256 e. The summed E-state index contributed by atoms with van der Waals surface area (Å²) >= 11 is 0. The lowest BCUT2D eigenvalue weighted by Crippen LogP contribution is -2.38. The molecule has 2 aliphatic rings. The number of aryl methyl sites for hydroxylation is 2. The monoisotopic (exact) mass is 314 g/mol. The Hall–Kier alpha value is -2.18. The van der Waals surface area contributed by atoms with Gasteiger partial charge in [0.1, 0.15) is 0 Å². The first-order valence-electron chi connectivity index (χ1n) is 8.53. The van der Waals surface area contributed by atoms with Gasteiger partial charge in [0.15, 0.2) is 5.82 Å². The number of rotatable bonds is 4. The molecular formula is C16H22N6O. The second kappa shape index (κ2) is 6.14. The van der Waals surface area contributed by atoms with Gasteiger partial charge in [-0.2, -0.15) is 5.21 Å². The molecule has 3 heterocycles. The first-order valence-corrected chi connectivity index (χ1v) is 8.53. The minimum absolute atomic E-state index is 0.101. The quantitative estimate of drug-likeness (QED) is 0.935. The molecule has 23 heavy (non-hydrogen) atoms. The second-order valence-corrected chi connectivity index (χ2v) is 6.57. The summed E-state index contributed by atoms with van der Waals surface area (Å²) in [6.07, 6.45) is 10.0. The van der Waals surface area contributed by atoms with Crippen molar-refractivity contribution in [3.8, 4) is 0 Å². The summed E-state index contributed by atoms with van der Waals surface area (Å²) in [5, 5.41) is 14.1. The van der Waals surface area contributed by atoms with Crippen molar-refractivity contribution < 1.29 is 4.79 Å². The summed E-state index contributed by atoms with van der Waals surface area (Å²) in [5.41, 5.74) is 2.09. The van der Waals surface area contributed by atoms with Crippen molar-refractivity contribution in [2.75, 3.05) is 0 Å². The highest BCUT2D eigenvalue weighted by Crippen LogP contribution is 2.27. The third kappa shape index (κ3) is 2.87. The van der Waals surface area contributed by atoms with Crippen LogP contribution in [0.3, 0.4) is 0 Å². The number of carbonyl (C=O) groups is 1. The highest BCUT2D eigenvalue weighted by atomic mass is 16.2.